The van der Waals surface area contributed by atoms with Crippen LogP contribution in [-0.4, -0.2) is 75.3 Å². The third kappa shape index (κ3) is 7.39. The number of aliphatic imine (C=N–C) groups is 1. The number of likely N-dealkylation sites (tertiary alicyclic amines) is 1. The second kappa shape index (κ2) is 10.9. The molecular formula is C19H38N4O. The van der Waals surface area contributed by atoms with E-state index in [9.17, 15) is 0 Å². The Morgan fingerprint density at radius 1 is 1.17 bits per heavy atom. The molecule has 0 aromatic rings. The number of piperidine rings is 1. The van der Waals surface area contributed by atoms with Crippen LogP contribution in [0.25, 0.3) is 0 Å². The zero-order valence-electron chi connectivity index (χ0n) is 16.1. The summed E-state index contributed by atoms with van der Waals surface area (Å²) in [6.45, 7) is 12.7. The van der Waals surface area contributed by atoms with E-state index in [4.69, 9.17) is 9.73 Å². The normalized spacial score (nSPS) is 20.4. The molecule has 0 radical (unpaired) electrons. The van der Waals surface area contributed by atoms with Crippen LogP contribution in [-0.2, 0) is 4.74 Å². The predicted octanol–water partition coefficient (Wildman–Crippen LogP) is 2.43. The zero-order valence-corrected chi connectivity index (χ0v) is 16.1. The molecule has 1 heterocycles. The Bertz CT molecular complexity index is 362. The number of hydrogen-bond donors (Lipinski definition) is 1. The van der Waals surface area contributed by atoms with Gasteiger partial charge in [-0.15, -0.1) is 0 Å². The van der Waals surface area contributed by atoms with Crippen LogP contribution in [0, 0.1) is 11.8 Å². The molecule has 24 heavy (non-hydrogen) atoms. The van der Waals surface area contributed by atoms with Crippen LogP contribution in [0.3, 0.4) is 0 Å². The van der Waals surface area contributed by atoms with Crippen molar-refractivity contribution in [3.8, 4) is 0 Å². The van der Waals surface area contributed by atoms with Gasteiger partial charge < -0.3 is 19.9 Å². The zero-order chi connectivity index (χ0) is 17.2. The molecule has 1 saturated heterocycles. The number of guanidine groups is 1. The summed E-state index contributed by atoms with van der Waals surface area (Å²) in [4.78, 5) is 9.69. The molecular weight excluding hydrogens is 300 g/mol. The topological polar surface area (TPSA) is 40.1 Å². The first kappa shape index (κ1) is 19.5. The molecule has 2 aliphatic rings. The molecule has 5 heteroatoms. The lowest BCUT2D eigenvalue weighted by Gasteiger charge is -2.31. The van der Waals surface area contributed by atoms with E-state index in [1.165, 1.54) is 51.7 Å². The van der Waals surface area contributed by atoms with Gasteiger partial charge in [-0.05, 0) is 70.5 Å². The molecule has 1 N–H and O–H groups in total. The van der Waals surface area contributed by atoms with Crippen LogP contribution in [0.1, 0.15) is 46.0 Å². The van der Waals surface area contributed by atoms with Crippen LogP contribution >= 0.6 is 0 Å². The fourth-order valence-electron chi connectivity index (χ4n) is 3.24. The standard InChI is InChI=1S/C19H38N4O/c1-4-10-23-11-8-17(9-12-23)15-21-19(20-5-2)22(3)13-14-24-16-18-6-7-18/h17-18H,4-16H2,1-3H3,(H,20,21). The number of rotatable bonds is 10. The summed E-state index contributed by atoms with van der Waals surface area (Å²) in [5.41, 5.74) is 0. The van der Waals surface area contributed by atoms with Gasteiger partial charge in [0.25, 0.3) is 0 Å². The van der Waals surface area contributed by atoms with Gasteiger partial charge in [0.1, 0.15) is 0 Å². The van der Waals surface area contributed by atoms with Crippen LogP contribution in [0.4, 0.5) is 0 Å². The average molecular weight is 339 g/mol. The van der Waals surface area contributed by atoms with Crippen molar-refractivity contribution in [2.75, 3.05) is 59.5 Å². The number of likely N-dealkylation sites (N-methyl/N-ethyl adjacent to an activating group) is 1. The molecule has 1 aliphatic heterocycles. The number of nitrogens with one attached hydrogen (secondary N) is 1. The first-order valence-electron chi connectivity index (χ1n) is 10.0. The van der Waals surface area contributed by atoms with Gasteiger partial charge >= 0.3 is 0 Å². The van der Waals surface area contributed by atoms with E-state index in [0.717, 1.165) is 50.6 Å². The first-order valence-corrected chi connectivity index (χ1v) is 10.0. The maximum Gasteiger partial charge on any atom is 0.193 e. The van der Waals surface area contributed by atoms with Crippen LogP contribution < -0.4 is 5.32 Å². The lowest BCUT2D eigenvalue weighted by atomic mass is 9.97. The molecule has 1 aliphatic carbocycles. The second-order valence-corrected chi connectivity index (χ2v) is 7.42. The van der Waals surface area contributed by atoms with Crippen molar-refractivity contribution in [2.45, 2.75) is 46.0 Å². The minimum Gasteiger partial charge on any atom is -0.379 e. The summed E-state index contributed by atoms with van der Waals surface area (Å²) >= 11 is 0. The van der Waals surface area contributed by atoms with Gasteiger partial charge in [0.2, 0.25) is 0 Å². The summed E-state index contributed by atoms with van der Waals surface area (Å²) in [5, 5.41) is 3.42. The monoisotopic (exact) mass is 338 g/mol. The van der Waals surface area contributed by atoms with E-state index in [2.05, 4.69) is 36.0 Å². The van der Waals surface area contributed by atoms with E-state index in [-0.39, 0.29) is 0 Å². The Kier molecular flexibility index (Phi) is 8.89. The molecule has 140 valence electrons. The Labute approximate surface area is 148 Å². The van der Waals surface area contributed by atoms with Crippen molar-refractivity contribution < 1.29 is 4.74 Å². The highest BCUT2D eigenvalue weighted by Crippen LogP contribution is 2.28. The molecule has 5 nitrogen and oxygen atoms in total. The first-order chi connectivity index (χ1) is 11.7. The van der Waals surface area contributed by atoms with Crippen molar-refractivity contribution in [3.63, 3.8) is 0 Å². The Hall–Kier alpha value is -0.810. The summed E-state index contributed by atoms with van der Waals surface area (Å²) in [6, 6.07) is 0. The second-order valence-electron chi connectivity index (χ2n) is 7.42. The SMILES string of the molecule is CCCN1CCC(CN=C(NCC)N(C)CCOCC2CC2)CC1. The number of ether oxygens (including phenoxy) is 1. The Morgan fingerprint density at radius 3 is 2.54 bits per heavy atom. The molecule has 0 spiro atoms. The van der Waals surface area contributed by atoms with Crippen molar-refractivity contribution in [3.05, 3.63) is 0 Å². The third-order valence-corrected chi connectivity index (χ3v) is 5.06. The molecule has 0 unspecified atom stereocenters. The largest absolute Gasteiger partial charge is 0.379 e. The molecule has 0 aromatic heterocycles. The fraction of sp³-hybridized carbons (Fsp3) is 0.947. The van der Waals surface area contributed by atoms with Crippen molar-refractivity contribution in [2.24, 2.45) is 16.8 Å². The fourth-order valence-corrected chi connectivity index (χ4v) is 3.24. The van der Waals surface area contributed by atoms with Gasteiger partial charge in [-0.3, -0.25) is 4.99 Å². The summed E-state index contributed by atoms with van der Waals surface area (Å²) in [6.07, 6.45) is 6.56. The van der Waals surface area contributed by atoms with Gasteiger partial charge in [-0.2, -0.15) is 0 Å². The van der Waals surface area contributed by atoms with Gasteiger partial charge in [0, 0.05) is 33.3 Å². The molecule has 0 amide bonds. The lowest BCUT2D eigenvalue weighted by molar-refractivity contribution is 0.115. The maximum absolute atomic E-state index is 5.76. The van der Waals surface area contributed by atoms with Crippen LogP contribution in [0.5, 0.6) is 0 Å². The highest BCUT2D eigenvalue weighted by Gasteiger charge is 2.21. The van der Waals surface area contributed by atoms with E-state index in [1.54, 1.807) is 0 Å². The quantitative estimate of drug-likeness (QED) is 0.377. The summed E-state index contributed by atoms with van der Waals surface area (Å²) in [5.74, 6) is 2.62. The van der Waals surface area contributed by atoms with E-state index in [1.807, 2.05) is 0 Å². The van der Waals surface area contributed by atoms with Crippen LogP contribution in [0.15, 0.2) is 4.99 Å². The van der Waals surface area contributed by atoms with E-state index < -0.39 is 0 Å². The Balaban J connectivity index is 1.68. The number of hydrogen-bond acceptors (Lipinski definition) is 3. The highest BCUT2D eigenvalue weighted by atomic mass is 16.5. The molecule has 0 aromatic carbocycles. The van der Waals surface area contributed by atoms with Crippen molar-refractivity contribution in [1.29, 1.82) is 0 Å². The van der Waals surface area contributed by atoms with Gasteiger partial charge in [-0.25, -0.2) is 0 Å². The summed E-state index contributed by atoms with van der Waals surface area (Å²) in [7, 11) is 2.12. The van der Waals surface area contributed by atoms with Gasteiger partial charge in [0.15, 0.2) is 5.96 Å². The minimum atomic E-state index is 0.742. The Morgan fingerprint density at radius 2 is 1.92 bits per heavy atom. The van der Waals surface area contributed by atoms with E-state index in [0.29, 0.717) is 0 Å². The average Bonchev–Trinajstić information content (AvgIpc) is 3.41. The highest BCUT2D eigenvalue weighted by molar-refractivity contribution is 5.79. The molecule has 0 atom stereocenters. The van der Waals surface area contributed by atoms with E-state index >= 15 is 0 Å². The minimum absolute atomic E-state index is 0.742. The van der Waals surface area contributed by atoms with Gasteiger partial charge in [0.05, 0.1) is 6.61 Å². The third-order valence-electron chi connectivity index (χ3n) is 5.06. The smallest absolute Gasteiger partial charge is 0.193 e. The molecule has 2 fully saturated rings. The lowest BCUT2D eigenvalue weighted by Crippen LogP contribution is -2.41. The molecule has 0 bridgehead atoms. The molecule has 2 rings (SSSR count). The number of nitrogens with zero attached hydrogens (tertiary/aromatic N) is 3. The maximum atomic E-state index is 5.76. The predicted molar refractivity (Wildman–Crippen MR) is 102 cm³/mol. The van der Waals surface area contributed by atoms with Gasteiger partial charge in [-0.1, -0.05) is 6.92 Å². The summed E-state index contributed by atoms with van der Waals surface area (Å²) < 4.78 is 5.76. The van der Waals surface area contributed by atoms with Crippen molar-refractivity contribution >= 4 is 5.96 Å². The molecule has 1 saturated carbocycles. The van der Waals surface area contributed by atoms with Crippen LogP contribution in [0.2, 0.25) is 0 Å². The van der Waals surface area contributed by atoms with Crippen molar-refractivity contribution in [1.82, 2.24) is 15.1 Å².